The molecular formula is C17H19NO6. The first-order chi connectivity index (χ1) is 11.4. The molecule has 24 heavy (non-hydrogen) atoms. The Morgan fingerprint density at radius 1 is 1.25 bits per heavy atom. The number of carbonyl (C=O) groups excluding carboxylic acids is 3. The minimum Gasteiger partial charge on any atom is -0.464 e. The molecule has 2 aliphatic heterocycles. The van der Waals surface area contributed by atoms with Crippen molar-refractivity contribution in [1.82, 2.24) is 4.90 Å². The van der Waals surface area contributed by atoms with E-state index >= 15 is 0 Å². The highest BCUT2D eigenvalue weighted by Gasteiger charge is 2.71. The molecule has 0 spiro atoms. The van der Waals surface area contributed by atoms with E-state index in [-0.39, 0.29) is 19.1 Å². The lowest BCUT2D eigenvalue weighted by Crippen LogP contribution is -2.72. The molecule has 2 saturated heterocycles. The quantitative estimate of drug-likeness (QED) is 0.587. The Kier molecular flexibility index (Phi) is 4.28. The number of hydrogen-bond donors (Lipinski definition) is 0. The molecule has 1 amide bonds. The summed E-state index contributed by atoms with van der Waals surface area (Å²) in [5, 5.41) is 0. The molecule has 2 aliphatic rings. The van der Waals surface area contributed by atoms with Crippen molar-refractivity contribution in [1.29, 1.82) is 0 Å². The monoisotopic (exact) mass is 333 g/mol. The standard InChI is InChI=1S/C17H19NO6/c1-11(19)23-10-17-14(24-12(2)20)9-22-16(17)18(15(17)21)8-13-6-4-3-5-7-13/h3-7,14,16H,8-10H2,1-2H3/t14-,16-,17-/m1/s1. The van der Waals surface area contributed by atoms with Gasteiger partial charge in [0.1, 0.15) is 12.7 Å². The van der Waals surface area contributed by atoms with Crippen molar-refractivity contribution in [2.24, 2.45) is 5.41 Å². The highest BCUT2D eigenvalue weighted by molar-refractivity contribution is 5.91. The van der Waals surface area contributed by atoms with Gasteiger partial charge < -0.3 is 19.1 Å². The van der Waals surface area contributed by atoms with E-state index in [1.165, 1.54) is 13.8 Å². The van der Waals surface area contributed by atoms with Gasteiger partial charge in [0, 0.05) is 20.4 Å². The fourth-order valence-electron chi connectivity index (χ4n) is 3.28. The van der Waals surface area contributed by atoms with Crippen molar-refractivity contribution in [3.63, 3.8) is 0 Å². The van der Waals surface area contributed by atoms with Crippen LogP contribution in [0.4, 0.5) is 0 Å². The molecule has 0 saturated carbocycles. The largest absolute Gasteiger partial charge is 0.464 e. The molecule has 128 valence electrons. The summed E-state index contributed by atoms with van der Waals surface area (Å²) in [4.78, 5) is 36.9. The van der Waals surface area contributed by atoms with Crippen LogP contribution in [0.1, 0.15) is 19.4 Å². The molecule has 7 nitrogen and oxygen atoms in total. The number of carbonyl (C=O) groups is 3. The number of nitrogens with zero attached hydrogens (tertiary/aromatic N) is 1. The Labute approximate surface area is 139 Å². The zero-order valence-electron chi connectivity index (χ0n) is 13.6. The second-order valence-electron chi connectivity index (χ2n) is 6.02. The van der Waals surface area contributed by atoms with E-state index in [0.29, 0.717) is 6.54 Å². The number of fused-ring (bicyclic) bond motifs is 1. The average Bonchev–Trinajstić information content (AvgIpc) is 2.85. The fraction of sp³-hybridized carbons (Fsp3) is 0.471. The van der Waals surface area contributed by atoms with Crippen LogP contribution in [0, 0.1) is 5.41 Å². The average molecular weight is 333 g/mol. The van der Waals surface area contributed by atoms with Crippen molar-refractivity contribution >= 4 is 17.8 Å². The topological polar surface area (TPSA) is 82.1 Å². The summed E-state index contributed by atoms with van der Waals surface area (Å²) in [7, 11) is 0. The van der Waals surface area contributed by atoms with Gasteiger partial charge in [-0.1, -0.05) is 30.3 Å². The van der Waals surface area contributed by atoms with Crippen LogP contribution in [-0.2, 0) is 35.1 Å². The summed E-state index contributed by atoms with van der Waals surface area (Å²) in [6, 6.07) is 9.51. The number of benzene rings is 1. The van der Waals surface area contributed by atoms with E-state index in [2.05, 4.69) is 0 Å². The fourth-order valence-corrected chi connectivity index (χ4v) is 3.28. The van der Waals surface area contributed by atoms with E-state index in [4.69, 9.17) is 14.2 Å². The Bertz CT molecular complexity index is 660. The second-order valence-corrected chi connectivity index (χ2v) is 6.02. The minimum atomic E-state index is -1.15. The van der Waals surface area contributed by atoms with Crippen molar-refractivity contribution in [2.75, 3.05) is 13.2 Å². The van der Waals surface area contributed by atoms with Crippen LogP contribution in [0.15, 0.2) is 30.3 Å². The smallest absolute Gasteiger partial charge is 0.303 e. The third kappa shape index (κ3) is 2.65. The van der Waals surface area contributed by atoms with Gasteiger partial charge >= 0.3 is 11.9 Å². The number of esters is 2. The summed E-state index contributed by atoms with van der Waals surface area (Å²) in [6.45, 7) is 2.88. The molecule has 1 aromatic rings. The molecule has 2 heterocycles. The number of amides is 1. The molecule has 2 fully saturated rings. The van der Waals surface area contributed by atoms with Gasteiger partial charge in [-0.2, -0.15) is 0 Å². The highest BCUT2D eigenvalue weighted by atomic mass is 16.6. The number of rotatable bonds is 5. The summed E-state index contributed by atoms with van der Waals surface area (Å²) in [6.07, 6.45) is -1.33. The van der Waals surface area contributed by atoms with Gasteiger partial charge in [0.15, 0.2) is 11.6 Å². The summed E-state index contributed by atoms with van der Waals surface area (Å²) in [5.74, 6) is -1.23. The molecular weight excluding hydrogens is 314 g/mol. The first kappa shape index (κ1) is 16.4. The van der Waals surface area contributed by atoms with Crippen LogP contribution in [0.25, 0.3) is 0 Å². The van der Waals surface area contributed by atoms with Gasteiger partial charge in [0.2, 0.25) is 5.91 Å². The van der Waals surface area contributed by atoms with Crippen LogP contribution in [0.2, 0.25) is 0 Å². The molecule has 0 bridgehead atoms. The molecule has 0 radical (unpaired) electrons. The second kappa shape index (κ2) is 6.24. The maximum atomic E-state index is 12.8. The number of ether oxygens (including phenoxy) is 3. The Morgan fingerprint density at radius 3 is 2.58 bits per heavy atom. The third-order valence-electron chi connectivity index (χ3n) is 4.38. The Hall–Kier alpha value is -2.41. The first-order valence-corrected chi connectivity index (χ1v) is 7.72. The van der Waals surface area contributed by atoms with E-state index in [1.807, 2.05) is 30.3 Å². The lowest BCUT2D eigenvalue weighted by molar-refractivity contribution is -0.216. The van der Waals surface area contributed by atoms with Gasteiger partial charge in [-0.3, -0.25) is 14.4 Å². The molecule has 7 heteroatoms. The molecule has 3 atom stereocenters. The van der Waals surface area contributed by atoms with Crippen LogP contribution in [0.5, 0.6) is 0 Å². The van der Waals surface area contributed by atoms with Crippen molar-refractivity contribution in [2.45, 2.75) is 32.7 Å². The minimum absolute atomic E-state index is 0.0997. The molecule has 3 rings (SSSR count). The highest BCUT2D eigenvalue weighted by Crippen LogP contribution is 2.49. The third-order valence-corrected chi connectivity index (χ3v) is 4.38. The van der Waals surface area contributed by atoms with E-state index in [0.717, 1.165) is 5.56 Å². The van der Waals surface area contributed by atoms with Crippen molar-refractivity contribution in [3.8, 4) is 0 Å². The summed E-state index contributed by atoms with van der Waals surface area (Å²) >= 11 is 0. The van der Waals surface area contributed by atoms with E-state index in [9.17, 15) is 14.4 Å². The van der Waals surface area contributed by atoms with Gasteiger partial charge in [0.05, 0.1) is 6.61 Å². The Morgan fingerprint density at radius 2 is 1.96 bits per heavy atom. The molecule has 0 aromatic heterocycles. The Balaban J connectivity index is 1.81. The molecule has 0 aliphatic carbocycles. The summed E-state index contributed by atoms with van der Waals surface area (Å²) in [5.41, 5.74) is -0.182. The van der Waals surface area contributed by atoms with E-state index in [1.54, 1.807) is 4.90 Å². The number of hydrogen-bond acceptors (Lipinski definition) is 6. The number of likely N-dealkylation sites (tertiary alicyclic amines) is 1. The van der Waals surface area contributed by atoms with Crippen molar-refractivity contribution in [3.05, 3.63) is 35.9 Å². The predicted molar refractivity (Wildman–Crippen MR) is 81.4 cm³/mol. The lowest BCUT2D eigenvalue weighted by Gasteiger charge is -2.51. The zero-order valence-corrected chi connectivity index (χ0v) is 13.6. The van der Waals surface area contributed by atoms with Crippen LogP contribution < -0.4 is 0 Å². The number of β-lactam (4-membered cyclic amide) rings is 1. The van der Waals surface area contributed by atoms with Crippen LogP contribution in [0.3, 0.4) is 0 Å². The molecule has 1 aromatic carbocycles. The first-order valence-electron chi connectivity index (χ1n) is 7.72. The van der Waals surface area contributed by atoms with Gasteiger partial charge in [-0.05, 0) is 5.56 Å². The lowest BCUT2D eigenvalue weighted by atomic mass is 9.73. The maximum absolute atomic E-state index is 12.8. The maximum Gasteiger partial charge on any atom is 0.303 e. The summed E-state index contributed by atoms with van der Waals surface area (Å²) < 4.78 is 16.0. The molecule has 0 unspecified atom stereocenters. The van der Waals surface area contributed by atoms with Gasteiger partial charge in [-0.25, -0.2) is 0 Å². The normalized spacial score (nSPS) is 28.1. The van der Waals surface area contributed by atoms with Crippen LogP contribution in [-0.4, -0.2) is 48.3 Å². The van der Waals surface area contributed by atoms with Crippen molar-refractivity contribution < 1.29 is 28.6 Å². The van der Waals surface area contributed by atoms with E-state index < -0.39 is 29.7 Å². The predicted octanol–water partition coefficient (Wildman–Crippen LogP) is 0.866. The zero-order chi connectivity index (χ0) is 17.3. The SMILES string of the molecule is CC(=O)OC[C@@]12C(=O)N(Cc3ccccc3)[C@@H]1OC[C@H]2OC(C)=O. The molecule has 0 N–H and O–H groups in total. The van der Waals surface area contributed by atoms with Gasteiger partial charge in [-0.15, -0.1) is 0 Å². The van der Waals surface area contributed by atoms with Crippen LogP contribution >= 0.6 is 0 Å². The van der Waals surface area contributed by atoms with Gasteiger partial charge in [0.25, 0.3) is 0 Å².